The summed E-state index contributed by atoms with van der Waals surface area (Å²) in [5.74, 6) is 1.70. The highest BCUT2D eigenvalue weighted by Gasteiger charge is 2.05. The molecular formula is C15H21N3OS. The molecule has 1 N–H and O–H groups in total. The topological polar surface area (TPSA) is 50.8 Å². The number of nitrogens with zero attached hydrogens (tertiary/aromatic N) is 2. The molecule has 0 spiro atoms. The van der Waals surface area contributed by atoms with Crippen LogP contribution in [-0.2, 0) is 4.74 Å². The molecule has 0 aliphatic heterocycles. The molecule has 4 nitrogen and oxygen atoms in total. The molecule has 1 aromatic carbocycles. The fraction of sp³-hybridized carbons (Fsp3) is 0.467. The first kappa shape index (κ1) is 15.1. The SMILES string of the molecule is CCCCOCCSc1n[nH]c(-c2ccc(C)cc2)n1. The Balaban J connectivity index is 1.79. The maximum atomic E-state index is 5.51. The Kier molecular flexibility index (Phi) is 6.08. The minimum atomic E-state index is 0.749. The first-order valence-corrected chi connectivity index (χ1v) is 7.98. The summed E-state index contributed by atoms with van der Waals surface area (Å²) in [7, 11) is 0. The van der Waals surface area contributed by atoms with Gasteiger partial charge in [0.05, 0.1) is 6.61 Å². The van der Waals surface area contributed by atoms with Gasteiger partial charge in [0.1, 0.15) is 0 Å². The standard InChI is InChI=1S/C15H21N3OS/c1-3-4-9-19-10-11-20-15-16-14(17-18-15)13-7-5-12(2)6-8-13/h5-8H,3-4,9-11H2,1-2H3,(H,16,17,18). The van der Waals surface area contributed by atoms with Crippen LogP contribution < -0.4 is 0 Å². The highest BCUT2D eigenvalue weighted by molar-refractivity contribution is 7.99. The number of unbranched alkanes of at least 4 members (excludes halogenated alkanes) is 1. The summed E-state index contributed by atoms with van der Waals surface area (Å²) in [5.41, 5.74) is 2.31. The smallest absolute Gasteiger partial charge is 0.208 e. The van der Waals surface area contributed by atoms with Gasteiger partial charge in [0.2, 0.25) is 5.16 Å². The summed E-state index contributed by atoms with van der Waals surface area (Å²) in [6.45, 7) is 5.83. The molecule has 0 amide bonds. The summed E-state index contributed by atoms with van der Waals surface area (Å²) in [6, 6.07) is 8.26. The van der Waals surface area contributed by atoms with Gasteiger partial charge in [-0.25, -0.2) is 4.98 Å². The highest BCUT2D eigenvalue weighted by Crippen LogP contribution is 2.19. The largest absolute Gasteiger partial charge is 0.381 e. The van der Waals surface area contributed by atoms with Crippen LogP contribution in [0, 0.1) is 6.92 Å². The number of aryl methyl sites for hydroxylation is 1. The zero-order valence-electron chi connectivity index (χ0n) is 12.1. The molecule has 0 saturated heterocycles. The van der Waals surface area contributed by atoms with Gasteiger partial charge in [-0.1, -0.05) is 54.9 Å². The van der Waals surface area contributed by atoms with Crippen LogP contribution in [0.15, 0.2) is 29.4 Å². The summed E-state index contributed by atoms with van der Waals surface area (Å²) in [4.78, 5) is 4.48. The fourth-order valence-corrected chi connectivity index (χ4v) is 2.34. The Hall–Kier alpha value is -1.33. The first-order valence-electron chi connectivity index (χ1n) is 6.99. The second-order valence-corrected chi connectivity index (χ2v) is 5.71. The van der Waals surface area contributed by atoms with E-state index in [-0.39, 0.29) is 0 Å². The van der Waals surface area contributed by atoms with Crippen molar-refractivity contribution >= 4 is 11.8 Å². The van der Waals surface area contributed by atoms with Gasteiger partial charge < -0.3 is 4.74 Å². The predicted octanol–water partition coefficient (Wildman–Crippen LogP) is 3.69. The molecule has 2 aromatic rings. The number of aromatic amines is 1. The van der Waals surface area contributed by atoms with Gasteiger partial charge in [-0.2, -0.15) is 0 Å². The van der Waals surface area contributed by atoms with Crippen LogP contribution in [0.4, 0.5) is 0 Å². The molecule has 1 aromatic heterocycles. The van der Waals surface area contributed by atoms with Crippen LogP contribution in [0.25, 0.3) is 11.4 Å². The average Bonchev–Trinajstić information content (AvgIpc) is 2.92. The van der Waals surface area contributed by atoms with E-state index in [2.05, 4.69) is 53.3 Å². The maximum absolute atomic E-state index is 5.51. The minimum Gasteiger partial charge on any atom is -0.381 e. The third-order valence-electron chi connectivity index (χ3n) is 2.89. The van der Waals surface area contributed by atoms with Crippen molar-refractivity contribution < 1.29 is 4.74 Å². The number of rotatable bonds is 8. The van der Waals surface area contributed by atoms with Crippen molar-refractivity contribution in [2.75, 3.05) is 19.0 Å². The maximum Gasteiger partial charge on any atom is 0.208 e. The van der Waals surface area contributed by atoms with Crippen molar-refractivity contribution in [2.45, 2.75) is 31.8 Å². The number of H-pyrrole nitrogens is 1. The lowest BCUT2D eigenvalue weighted by Gasteiger charge is -2.00. The lowest BCUT2D eigenvalue weighted by molar-refractivity contribution is 0.147. The van der Waals surface area contributed by atoms with Gasteiger partial charge in [-0.15, -0.1) is 5.10 Å². The Morgan fingerprint density at radius 1 is 1.20 bits per heavy atom. The van der Waals surface area contributed by atoms with Crippen LogP contribution >= 0.6 is 11.8 Å². The Labute approximate surface area is 124 Å². The van der Waals surface area contributed by atoms with Gasteiger partial charge in [-0.3, -0.25) is 5.10 Å². The van der Waals surface area contributed by atoms with E-state index in [9.17, 15) is 0 Å². The average molecular weight is 291 g/mol. The molecule has 20 heavy (non-hydrogen) atoms. The number of thioether (sulfide) groups is 1. The summed E-state index contributed by atoms with van der Waals surface area (Å²) >= 11 is 1.62. The molecule has 0 saturated carbocycles. The number of aromatic nitrogens is 3. The molecule has 0 aliphatic rings. The lowest BCUT2D eigenvalue weighted by Crippen LogP contribution is -1.99. The van der Waals surface area contributed by atoms with E-state index in [1.807, 2.05) is 0 Å². The van der Waals surface area contributed by atoms with E-state index >= 15 is 0 Å². The predicted molar refractivity (Wildman–Crippen MR) is 83.0 cm³/mol. The lowest BCUT2D eigenvalue weighted by atomic mass is 10.1. The fourth-order valence-electron chi connectivity index (χ4n) is 1.69. The first-order chi connectivity index (χ1) is 9.79. The van der Waals surface area contributed by atoms with Crippen molar-refractivity contribution in [1.82, 2.24) is 15.2 Å². The summed E-state index contributed by atoms with van der Waals surface area (Å²) < 4.78 is 5.51. The molecule has 108 valence electrons. The quantitative estimate of drug-likeness (QED) is 0.595. The van der Waals surface area contributed by atoms with Crippen LogP contribution in [-0.4, -0.2) is 34.1 Å². The van der Waals surface area contributed by atoms with Crippen LogP contribution in [0.1, 0.15) is 25.3 Å². The number of hydrogen-bond acceptors (Lipinski definition) is 4. The second-order valence-electron chi connectivity index (χ2n) is 4.65. The highest BCUT2D eigenvalue weighted by atomic mass is 32.2. The van der Waals surface area contributed by atoms with Crippen molar-refractivity contribution in [3.8, 4) is 11.4 Å². The number of hydrogen-bond donors (Lipinski definition) is 1. The van der Waals surface area contributed by atoms with Crippen LogP contribution in [0.5, 0.6) is 0 Å². The minimum absolute atomic E-state index is 0.749. The zero-order chi connectivity index (χ0) is 14.2. The summed E-state index contributed by atoms with van der Waals surface area (Å²) in [6.07, 6.45) is 2.30. The Bertz CT molecular complexity index is 510. The van der Waals surface area contributed by atoms with E-state index in [0.717, 1.165) is 41.9 Å². The molecule has 2 rings (SSSR count). The molecule has 0 aliphatic carbocycles. The van der Waals surface area contributed by atoms with Gasteiger partial charge in [0.25, 0.3) is 0 Å². The van der Waals surface area contributed by atoms with E-state index in [1.54, 1.807) is 11.8 Å². The number of nitrogens with one attached hydrogen (secondary N) is 1. The number of ether oxygens (including phenoxy) is 1. The summed E-state index contributed by atoms with van der Waals surface area (Å²) in [5, 5.41) is 7.98. The Morgan fingerprint density at radius 3 is 2.75 bits per heavy atom. The van der Waals surface area contributed by atoms with Crippen LogP contribution in [0.2, 0.25) is 0 Å². The Morgan fingerprint density at radius 2 is 2.00 bits per heavy atom. The monoisotopic (exact) mass is 291 g/mol. The van der Waals surface area contributed by atoms with Gasteiger partial charge in [-0.05, 0) is 13.3 Å². The molecule has 0 radical (unpaired) electrons. The van der Waals surface area contributed by atoms with Crippen molar-refractivity contribution in [3.63, 3.8) is 0 Å². The molecule has 0 atom stereocenters. The van der Waals surface area contributed by atoms with Gasteiger partial charge in [0, 0.05) is 17.9 Å². The van der Waals surface area contributed by atoms with Gasteiger partial charge >= 0.3 is 0 Å². The third-order valence-corrected chi connectivity index (χ3v) is 3.70. The zero-order valence-corrected chi connectivity index (χ0v) is 12.9. The molecule has 0 fully saturated rings. The third kappa shape index (κ3) is 4.65. The van der Waals surface area contributed by atoms with E-state index < -0.39 is 0 Å². The van der Waals surface area contributed by atoms with Crippen LogP contribution in [0.3, 0.4) is 0 Å². The van der Waals surface area contributed by atoms with Crippen molar-refractivity contribution in [3.05, 3.63) is 29.8 Å². The molecule has 5 heteroatoms. The molecular weight excluding hydrogens is 270 g/mol. The van der Waals surface area contributed by atoms with Crippen molar-refractivity contribution in [2.24, 2.45) is 0 Å². The van der Waals surface area contributed by atoms with Gasteiger partial charge in [0.15, 0.2) is 5.82 Å². The molecule has 0 bridgehead atoms. The second kappa shape index (κ2) is 8.07. The number of benzene rings is 1. The van der Waals surface area contributed by atoms with Crippen molar-refractivity contribution in [1.29, 1.82) is 0 Å². The molecule has 1 heterocycles. The normalized spacial score (nSPS) is 10.9. The van der Waals surface area contributed by atoms with E-state index in [1.165, 1.54) is 12.0 Å². The van der Waals surface area contributed by atoms with E-state index in [4.69, 9.17) is 4.74 Å². The van der Waals surface area contributed by atoms with E-state index in [0.29, 0.717) is 0 Å². The molecule has 0 unspecified atom stereocenters.